The Morgan fingerprint density at radius 3 is 2.50 bits per heavy atom. The van der Waals surface area contributed by atoms with Gasteiger partial charge >= 0.3 is 0 Å². The Balaban J connectivity index is 1.55. The number of anilines is 1. The van der Waals surface area contributed by atoms with E-state index in [0.717, 1.165) is 18.4 Å². The largest absolute Gasteiger partial charge is 0.381 e. The fourth-order valence-corrected chi connectivity index (χ4v) is 6.14. The van der Waals surface area contributed by atoms with Crippen LogP contribution >= 0.6 is 11.3 Å². The van der Waals surface area contributed by atoms with Gasteiger partial charge in [0, 0.05) is 31.4 Å². The average Bonchev–Trinajstić information content (AvgIpc) is 3.47. The molecule has 1 aromatic heterocycles. The van der Waals surface area contributed by atoms with E-state index in [1.807, 2.05) is 5.38 Å². The van der Waals surface area contributed by atoms with Crippen molar-refractivity contribution in [2.45, 2.75) is 41.7 Å². The molecule has 7 nitrogen and oxygen atoms in total. The van der Waals surface area contributed by atoms with Gasteiger partial charge in [-0.15, -0.1) is 11.3 Å². The van der Waals surface area contributed by atoms with E-state index in [4.69, 9.17) is 9.47 Å². The minimum absolute atomic E-state index is 0.115. The minimum atomic E-state index is -3.42. The number of ether oxygens (including phenoxy) is 2. The molecule has 1 aromatic carbocycles. The molecule has 1 amide bonds. The Hall–Kier alpha value is -1.81. The van der Waals surface area contributed by atoms with Crippen LogP contribution in [0.15, 0.2) is 40.7 Å². The third-order valence-electron chi connectivity index (χ3n) is 5.83. The van der Waals surface area contributed by atoms with Crippen molar-refractivity contribution in [1.29, 1.82) is 0 Å². The Morgan fingerprint density at radius 1 is 1.13 bits per heavy atom. The van der Waals surface area contributed by atoms with E-state index < -0.39 is 15.1 Å². The van der Waals surface area contributed by atoms with Crippen molar-refractivity contribution in [3.63, 3.8) is 0 Å². The highest BCUT2D eigenvalue weighted by Gasteiger charge is 2.32. The van der Waals surface area contributed by atoms with Crippen LogP contribution in [0.4, 0.5) is 5.13 Å². The number of hydrogen-bond acceptors (Lipinski definition) is 7. The van der Waals surface area contributed by atoms with Crippen LogP contribution in [0, 0.1) is 5.92 Å². The molecule has 9 heteroatoms. The molecular formula is C21H26N2O5S2. The highest BCUT2D eigenvalue weighted by molar-refractivity contribution is 7.92. The number of thiazole rings is 1. The van der Waals surface area contributed by atoms with Crippen molar-refractivity contribution in [2.75, 3.05) is 31.7 Å². The SMILES string of the molecule is O=C(Nc1nccs1)C(CC1CCOCC1)c1ccc(S(=O)(=O)[C@H]2CCOC2)cc1. The molecule has 4 rings (SSSR count). The summed E-state index contributed by atoms with van der Waals surface area (Å²) in [6.45, 7) is 2.15. The molecule has 2 aromatic rings. The number of amides is 1. The van der Waals surface area contributed by atoms with Crippen molar-refractivity contribution >= 4 is 32.2 Å². The fraction of sp³-hybridized carbons (Fsp3) is 0.524. The number of carbonyl (C=O) groups excluding carboxylic acids is 1. The molecule has 162 valence electrons. The number of carbonyl (C=O) groups is 1. The first kappa shape index (κ1) is 21.4. The van der Waals surface area contributed by atoms with E-state index in [9.17, 15) is 13.2 Å². The predicted molar refractivity (Wildman–Crippen MR) is 114 cm³/mol. The third-order valence-corrected chi connectivity index (χ3v) is 8.69. The van der Waals surface area contributed by atoms with Gasteiger partial charge in [-0.2, -0.15) is 0 Å². The molecule has 3 heterocycles. The first-order valence-corrected chi connectivity index (χ1v) is 12.7. The molecule has 1 N–H and O–H groups in total. The topological polar surface area (TPSA) is 94.6 Å². The molecule has 0 saturated carbocycles. The zero-order valence-electron chi connectivity index (χ0n) is 16.7. The lowest BCUT2D eigenvalue weighted by molar-refractivity contribution is -0.118. The molecule has 0 bridgehead atoms. The number of aromatic nitrogens is 1. The maximum Gasteiger partial charge on any atom is 0.233 e. The van der Waals surface area contributed by atoms with Gasteiger partial charge in [-0.3, -0.25) is 4.79 Å². The second-order valence-corrected chi connectivity index (χ2v) is 10.9. The van der Waals surface area contributed by atoms with Gasteiger partial charge in [0.2, 0.25) is 5.91 Å². The number of hydrogen-bond donors (Lipinski definition) is 1. The highest BCUT2D eigenvalue weighted by atomic mass is 32.2. The summed E-state index contributed by atoms with van der Waals surface area (Å²) < 4.78 is 36.3. The number of benzene rings is 1. The van der Waals surface area contributed by atoms with E-state index >= 15 is 0 Å². The number of nitrogens with one attached hydrogen (secondary N) is 1. The Morgan fingerprint density at radius 2 is 1.87 bits per heavy atom. The zero-order chi connectivity index (χ0) is 21.0. The predicted octanol–water partition coefficient (Wildman–Crippen LogP) is 3.24. The first-order chi connectivity index (χ1) is 14.5. The summed E-state index contributed by atoms with van der Waals surface area (Å²) in [5.41, 5.74) is 0.817. The van der Waals surface area contributed by atoms with Gasteiger partial charge in [0.05, 0.1) is 22.7 Å². The summed E-state index contributed by atoms with van der Waals surface area (Å²) in [4.78, 5) is 17.5. The molecule has 30 heavy (non-hydrogen) atoms. The normalized spacial score (nSPS) is 21.4. The van der Waals surface area contributed by atoms with Gasteiger partial charge in [-0.1, -0.05) is 12.1 Å². The highest BCUT2D eigenvalue weighted by Crippen LogP contribution is 2.32. The third kappa shape index (κ3) is 4.91. The van der Waals surface area contributed by atoms with Gasteiger partial charge in [0.15, 0.2) is 15.0 Å². The van der Waals surface area contributed by atoms with Crippen molar-refractivity contribution in [3.05, 3.63) is 41.4 Å². The Kier molecular flexibility index (Phi) is 6.82. The lowest BCUT2D eigenvalue weighted by Crippen LogP contribution is -2.26. The number of nitrogens with zero attached hydrogens (tertiary/aromatic N) is 1. The van der Waals surface area contributed by atoms with Gasteiger partial charge in [0.1, 0.15) is 0 Å². The molecule has 0 radical (unpaired) electrons. The second-order valence-electron chi connectivity index (χ2n) is 7.77. The summed E-state index contributed by atoms with van der Waals surface area (Å²) in [6.07, 6.45) is 4.72. The van der Waals surface area contributed by atoms with Crippen molar-refractivity contribution in [3.8, 4) is 0 Å². The molecule has 2 aliphatic rings. The van der Waals surface area contributed by atoms with Gasteiger partial charge in [-0.05, 0) is 49.3 Å². The van der Waals surface area contributed by atoms with Crippen LogP contribution in [0.3, 0.4) is 0 Å². The van der Waals surface area contributed by atoms with Crippen LogP contribution in [0.25, 0.3) is 0 Å². The molecule has 2 fully saturated rings. The van der Waals surface area contributed by atoms with Crippen LogP contribution in [-0.4, -0.2) is 51.0 Å². The van der Waals surface area contributed by atoms with Crippen LogP contribution in [-0.2, 0) is 24.1 Å². The maximum atomic E-state index is 13.1. The quantitative estimate of drug-likeness (QED) is 0.696. The van der Waals surface area contributed by atoms with Gasteiger partial charge in [0.25, 0.3) is 0 Å². The maximum absolute atomic E-state index is 13.1. The Labute approximate surface area is 180 Å². The molecule has 2 aliphatic heterocycles. The fourth-order valence-electron chi connectivity index (χ4n) is 4.03. The average molecular weight is 451 g/mol. The van der Waals surface area contributed by atoms with Crippen molar-refractivity contribution in [2.24, 2.45) is 5.92 Å². The molecule has 2 atom stereocenters. The smallest absolute Gasteiger partial charge is 0.233 e. The van der Waals surface area contributed by atoms with E-state index in [1.165, 1.54) is 11.3 Å². The van der Waals surface area contributed by atoms with Crippen LogP contribution in [0.2, 0.25) is 0 Å². The molecule has 1 unspecified atom stereocenters. The van der Waals surface area contributed by atoms with E-state index in [0.29, 0.717) is 43.7 Å². The summed E-state index contributed by atoms with van der Waals surface area (Å²) >= 11 is 1.38. The van der Waals surface area contributed by atoms with Crippen LogP contribution in [0.5, 0.6) is 0 Å². The minimum Gasteiger partial charge on any atom is -0.381 e. The van der Waals surface area contributed by atoms with Crippen molar-refractivity contribution in [1.82, 2.24) is 4.98 Å². The summed E-state index contributed by atoms with van der Waals surface area (Å²) in [5.74, 6) is -0.0929. The lowest BCUT2D eigenvalue weighted by Gasteiger charge is -2.26. The standard InChI is InChI=1S/C21H26N2O5S2/c24-20(23-21-22-8-12-29-21)19(13-15-5-9-27-10-6-15)16-1-3-17(4-2-16)30(25,26)18-7-11-28-14-18/h1-4,8,12,15,18-19H,5-7,9-11,13-14H2,(H,22,23,24)/t18-,19?/m0/s1. The van der Waals surface area contributed by atoms with Crippen LogP contribution < -0.4 is 5.32 Å². The van der Waals surface area contributed by atoms with Crippen LogP contribution in [0.1, 0.15) is 37.2 Å². The molecule has 0 spiro atoms. The van der Waals surface area contributed by atoms with E-state index in [2.05, 4.69) is 10.3 Å². The molecular weight excluding hydrogens is 424 g/mol. The summed E-state index contributed by atoms with van der Waals surface area (Å²) in [7, 11) is -3.42. The first-order valence-electron chi connectivity index (χ1n) is 10.2. The lowest BCUT2D eigenvalue weighted by atomic mass is 9.84. The number of rotatable bonds is 7. The second kappa shape index (κ2) is 9.55. The number of sulfone groups is 1. The summed E-state index contributed by atoms with van der Waals surface area (Å²) in [5, 5.41) is 4.79. The van der Waals surface area contributed by atoms with Gasteiger partial charge in [-0.25, -0.2) is 13.4 Å². The molecule has 0 aliphatic carbocycles. The summed E-state index contributed by atoms with van der Waals surface area (Å²) in [6, 6.07) is 6.79. The zero-order valence-corrected chi connectivity index (χ0v) is 18.3. The van der Waals surface area contributed by atoms with Crippen molar-refractivity contribution < 1.29 is 22.7 Å². The molecule has 2 saturated heterocycles. The Bertz CT molecular complexity index is 932. The van der Waals surface area contributed by atoms with E-state index in [1.54, 1.807) is 30.5 Å². The van der Waals surface area contributed by atoms with Gasteiger partial charge < -0.3 is 14.8 Å². The van der Waals surface area contributed by atoms with E-state index in [-0.39, 0.29) is 23.3 Å². The monoisotopic (exact) mass is 450 g/mol.